The van der Waals surface area contributed by atoms with Gasteiger partial charge >= 0.3 is 11.9 Å². The third kappa shape index (κ3) is 4.82. The molecule has 4 rings (SSSR count). The van der Waals surface area contributed by atoms with E-state index in [0.717, 1.165) is 11.3 Å². The summed E-state index contributed by atoms with van der Waals surface area (Å²) in [7, 11) is 2.69. The molecule has 2 aromatic carbocycles. The van der Waals surface area contributed by atoms with Crippen LogP contribution in [0.5, 0.6) is 11.5 Å². The zero-order valence-corrected chi connectivity index (χ0v) is 22.0. The number of benzene rings is 2. The smallest absolute Gasteiger partial charge is 0.338 e. The number of carbonyl (C=O) groups excluding carboxylic acids is 2. The van der Waals surface area contributed by atoms with Crippen LogP contribution in [0, 0.1) is 0 Å². The molecule has 1 unspecified atom stereocenters. The minimum atomic E-state index is -0.864. The highest BCUT2D eigenvalue weighted by Gasteiger charge is 2.33. The van der Waals surface area contributed by atoms with Gasteiger partial charge in [0.1, 0.15) is 0 Å². The summed E-state index contributed by atoms with van der Waals surface area (Å²) in [5.41, 5.74) is 1.39. The van der Waals surface area contributed by atoms with Gasteiger partial charge in [-0.2, -0.15) is 0 Å². The van der Waals surface area contributed by atoms with Gasteiger partial charge in [0, 0.05) is 17.0 Å². The Morgan fingerprint density at radius 3 is 2.50 bits per heavy atom. The second-order valence-corrected chi connectivity index (χ2v) is 9.60. The van der Waals surface area contributed by atoms with Crippen molar-refractivity contribution in [2.24, 2.45) is 4.99 Å². The molecule has 0 fully saturated rings. The summed E-state index contributed by atoms with van der Waals surface area (Å²) in [5, 5.41) is 0.866. The molecule has 1 aromatic heterocycles. The van der Waals surface area contributed by atoms with Gasteiger partial charge < -0.3 is 14.2 Å². The number of rotatable bonds is 5. The summed E-state index contributed by atoms with van der Waals surface area (Å²) < 4.78 is 17.4. The molecule has 36 heavy (non-hydrogen) atoms. The average Bonchev–Trinajstić information content (AvgIpc) is 3.13. The summed E-state index contributed by atoms with van der Waals surface area (Å²) in [4.78, 5) is 42.9. The van der Waals surface area contributed by atoms with E-state index < -0.39 is 18.0 Å². The van der Waals surface area contributed by atoms with Gasteiger partial charge in [-0.3, -0.25) is 14.2 Å². The van der Waals surface area contributed by atoms with Gasteiger partial charge in [-0.25, -0.2) is 9.79 Å². The third-order valence-electron chi connectivity index (χ3n) is 5.43. The second-order valence-electron chi connectivity index (χ2n) is 7.74. The van der Waals surface area contributed by atoms with E-state index in [-0.39, 0.29) is 22.6 Å². The van der Waals surface area contributed by atoms with E-state index in [1.807, 2.05) is 0 Å². The summed E-state index contributed by atoms with van der Waals surface area (Å²) in [6.07, 6.45) is 1.65. The number of methoxy groups -OCH3 is 2. The average molecular weight is 547 g/mol. The Bertz CT molecular complexity index is 1610. The van der Waals surface area contributed by atoms with Gasteiger partial charge in [0.25, 0.3) is 5.56 Å². The molecule has 0 saturated heterocycles. The quantitative estimate of drug-likeness (QED) is 0.358. The van der Waals surface area contributed by atoms with Gasteiger partial charge in [-0.1, -0.05) is 46.7 Å². The number of ether oxygens (including phenoxy) is 3. The van der Waals surface area contributed by atoms with Crippen molar-refractivity contribution in [2.45, 2.75) is 19.9 Å². The van der Waals surface area contributed by atoms with E-state index in [4.69, 9.17) is 37.4 Å². The van der Waals surface area contributed by atoms with Crippen LogP contribution in [0.25, 0.3) is 6.08 Å². The van der Waals surface area contributed by atoms with Crippen LogP contribution in [0.2, 0.25) is 10.0 Å². The number of nitrogens with zero attached hydrogens (tertiary/aromatic N) is 2. The van der Waals surface area contributed by atoms with Gasteiger partial charge in [-0.05, 0) is 48.4 Å². The molecule has 0 amide bonds. The zero-order valence-electron chi connectivity index (χ0n) is 19.6. The molecule has 2 heterocycles. The number of hydrogen-bond acceptors (Lipinski definition) is 8. The van der Waals surface area contributed by atoms with Crippen LogP contribution in [-0.4, -0.2) is 30.7 Å². The minimum Gasteiger partial charge on any atom is -0.493 e. The molecule has 8 nitrogen and oxygen atoms in total. The Morgan fingerprint density at radius 1 is 1.11 bits per heavy atom. The normalized spacial score (nSPS) is 15.3. The molecule has 0 saturated carbocycles. The lowest BCUT2D eigenvalue weighted by atomic mass is 9.95. The predicted octanol–water partition coefficient (Wildman–Crippen LogP) is 3.65. The molecule has 0 spiro atoms. The number of carbonyl (C=O) groups is 2. The van der Waals surface area contributed by atoms with Crippen molar-refractivity contribution >= 4 is 52.6 Å². The molecule has 186 valence electrons. The van der Waals surface area contributed by atoms with Gasteiger partial charge in [-0.15, -0.1) is 0 Å². The Labute approximate surface area is 219 Å². The summed E-state index contributed by atoms with van der Waals surface area (Å²) in [5.74, 6) is -0.671. The number of esters is 2. The first-order chi connectivity index (χ1) is 17.1. The Morgan fingerprint density at radius 2 is 1.86 bits per heavy atom. The number of fused-ring (bicyclic) bond motifs is 1. The molecular weight excluding hydrogens is 527 g/mol. The Balaban J connectivity index is 1.96. The second kappa shape index (κ2) is 10.3. The number of aromatic nitrogens is 1. The van der Waals surface area contributed by atoms with Crippen molar-refractivity contribution in [2.75, 3.05) is 14.2 Å². The SMILES string of the molecule is COC(=O)C1=C(C)N=c2s/c(=C\c3ccc(Cl)cc3Cl)c(=O)n2C1c1ccc(OC(C)=O)c(OC)c1. The zero-order chi connectivity index (χ0) is 26.1. The first-order valence-electron chi connectivity index (χ1n) is 10.6. The van der Waals surface area contributed by atoms with Crippen LogP contribution in [0.3, 0.4) is 0 Å². The lowest BCUT2D eigenvalue weighted by molar-refractivity contribution is -0.136. The highest BCUT2D eigenvalue weighted by molar-refractivity contribution is 7.07. The van der Waals surface area contributed by atoms with Crippen LogP contribution in [0.15, 0.2) is 57.5 Å². The molecule has 1 aliphatic rings. The van der Waals surface area contributed by atoms with Crippen molar-refractivity contribution in [1.29, 1.82) is 0 Å². The van der Waals surface area contributed by atoms with E-state index in [1.165, 1.54) is 25.7 Å². The van der Waals surface area contributed by atoms with Crippen molar-refractivity contribution in [3.8, 4) is 11.5 Å². The van der Waals surface area contributed by atoms with Crippen molar-refractivity contribution in [3.63, 3.8) is 0 Å². The van der Waals surface area contributed by atoms with Gasteiger partial charge in [0.2, 0.25) is 0 Å². The molecule has 0 bridgehead atoms. The standard InChI is InChI=1S/C25H20Cl2N2O6S/c1-12-21(24(32)34-4)22(15-6-8-18(35-13(2)30)19(9-15)33-3)29-23(31)20(36-25(29)28-12)10-14-5-7-16(26)11-17(14)27/h5-11,22H,1-4H3/b20-10-. The summed E-state index contributed by atoms with van der Waals surface area (Å²) >= 11 is 13.5. The number of hydrogen-bond donors (Lipinski definition) is 0. The molecule has 1 atom stereocenters. The summed E-state index contributed by atoms with van der Waals surface area (Å²) in [6.45, 7) is 2.95. The lowest BCUT2D eigenvalue weighted by Crippen LogP contribution is -2.39. The molecule has 0 N–H and O–H groups in total. The fraction of sp³-hybridized carbons (Fsp3) is 0.200. The predicted molar refractivity (Wildman–Crippen MR) is 137 cm³/mol. The first-order valence-corrected chi connectivity index (χ1v) is 12.1. The van der Waals surface area contributed by atoms with Crippen molar-refractivity contribution in [3.05, 3.63) is 88.5 Å². The maximum atomic E-state index is 13.6. The van der Waals surface area contributed by atoms with Crippen LogP contribution >= 0.6 is 34.5 Å². The van der Waals surface area contributed by atoms with E-state index in [0.29, 0.717) is 36.2 Å². The van der Waals surface area contributed by atoms with Crippen molar-refractivity contribution < 1.29 is 23.8 Å². The van der Waals surface area contributed by atoms with Gasteiger partial charge in [0.15, 0.2) is 16.3 Å². The van der Waals surface area contributed by atoms with Crippen LogP contribution < -0.4 is 24.4 Å². The molecular formula is C25H20Cl2N2O6S. The minimum absolute atomic E-state index is 0.197. The lowest BCUT2D eigenvalue weighted by Gasteiger charge is -2.25. The third-order valence-corrected chi connectivity index (χ3v) is 6.98. The number of halogens is 2. The Kier molecular flexibility index (Phi) is 7.35. The highest BCUT2D eigenvalue weighted by atomic mass is 35.5. The fourth-order valence-corrected chi connectivity index (χ4v) is 5.36. The van der Waals surface area contributed by atoms with Crippen LogP contribution in [0.1, 0.15) is 31.0 Å². The topological polar surface area (TPSA) is 96.2 Å². The number of allylic oxidation sites excluding steroid dienone is 1. The van der Waals surface area contributed by atoms with Gasteiger partial charge in [0.05, 0.1) is 36.1 Å². The van der Waals surface area contributed by atoms with Crippen LogP contribution in [0.4, 0.5) is 0 Å². The van der Waals surface area contributed by atoms with E-state index in [9.17, 15) is 14.4 Å². The largest absolute Gasteiger partial charge is 0.493 e. The monoisotopic (exact) mass is 546 g/mol. The van der Waals surface area contributed by atoms with E-state index in [2.05, 4.69) is 4.99 Å². The Hall–Kier alpha value is -3.40. The highest BCUT2D eigenvalue weighted by Crippen LogP contribution is 2.36. The van der Waals surface area contributed by atoms with Crippen molar-refractivity contribution in [1.82, 2.24) is 4.57 Å². The molecule has 3 aromatic rings. The van der Waals surface area contributed by atoms with E-state index in [1.54, 1.807) is 49.4 Å². The fourth-order valence-electron chi connectivity index (χ4n) is 3.86. The summed E-state index contributed by atoms with van der Waals surface area (Å²) in [6, 6.07) is 8.92. The first kappa shape index (κ1) is 25.7. The molecule has 11 heteroatoms. The maximum Gasteiger partial charge on any atom is 0.338 e. The van der Waals surface area contributed by atoms with Crippen LogP contribution in [-0.2, 0) is 14.3 Å². The number of thiazole rings is 1. The molecule has 1 aliphatic heterocycles. The molecule has 0 aliphatic carbocycles. The maximum absolute atomic E-state index is 13.6. The van der Waals surface area contributed by atoms with E-state index >= 15 is 0 Å². The molecule has 0 radical (unpaired) electrons.